The number of thiazole rings is 1. The summed E-state index contributed by atoms with van der Waals surface area (Å²) in [5.41, 5.74) is 0.878. The van der Waals surface area contributed by atoms with Crippen molar-refractivity contribution in [1.82, 2.24) is 4.98 Å². The minimum absolute atomic E-state index is 0.165. The van der Waals surface area contributed by atoms with Crippen molar-refractivity contribution in [3.05, 3.63) is 33.8 Å². The van der Waals surface area contributed by atoms with Gasteiger partial charge >= 0.3 is 5.97 Å². The number of aliphatic carboxylic acids is 1. The molecule has 14 heavy (non-hydrogen) atoms. The number of carboxylic acids is 1. The quantitative estimate of drug-likeness (QED) is 0.614. The highest BCUT2D eigenvalue weighted by Gasteiger charge is 2.06. The summed E-state index contributed by atoms with van der Waals surface area (Å²) in [6.07, 6.45) is 2.85. The van der Waals surface area contributed by atoms with Crippen molar-refractivity contribution in [1.29, 1.82) is 0 Å². The zero-order valence-electron chi connectivity index (χ0n) is 8.07. The summed E-state index contributed by atoms with van der Waals surface area (Å²) in [6.45, 7) is 7.25. The van der Waals surface area contributed by atoms with Crippen LogP contribution in [0.15, 0.2) is 18.2 Å². The topological polar surface area (TPSA) is 50.2 Å². The van der Waals surface area contributed by atoms with Crippen LogP contribution >= 0.6 is 11.3 Å². The molecule has 0 aliphatic heterocycles. The third kappa shape index (κ3) is 2.29. The zero-order valence-corrected chi connectivity index (χ0v) is 8.89. The van der Waals surface area contributed by atoms with E-state index < -0.39 is 5.97 Å². The van der Waals surface area contributed by atoms with E-state index in [1.807, 2.05) is 13.8 Å². The number of carbonyl (C=O) groups is 1. The Morgan fingerprint density at radius 3 is 2.57 bits per heavy atom. The molecule has 0 fully saturated rings. The molecule has 0 bridgehead atoms. The first kappa shape index (κ1) is 10.7. The van der Waals surface area contributed by atoms with E-state index in [1.165, 1.54) is 12.2 Å². The van der Waals surface area contributed by atoms with Gasteiger partial charge in [-0.25, -0.2) is 9.78 Å². The van der Waals surface area contributed by atoms with Gasteiger partial charge in [0.25, 0.3) is 0 Å². The minimum atomic E-state index is -0.981. The van der Waals surface area contributed by atoms with Crippen LogP contribution in [0.5, 0.6) is 0 Å². The molecule has 0 unspecified atom stereocenters. The molecule has 1 aromatic rings. The average Bonchev–Trinajstić information content (AvgIpc) is 2.40. The summed E-state index contributed by atoms with van der Waals surface area (Å²) in [5, 5.41) is 9.70. The van der Waals surface area contributed by atoms with Crippen molar-refractivity contribution in [3.8, 4) is 0 Å². The molecule has 0 aliphatic rings. The van der Waals surface area contributed by atoms with Crippen LogP contribution in [0.4, 0.5) is 0 Å². The van der Waals surface area contributed by atoms with Crippen molar-refractivity contribution in [2.24, 2.45) is 0 Å². The lowest BCUT2D eigenvalue weighted by atomic mass is 10.2. The van der Waals surface area contributed by atoms with Gasteiger partial charge in [-0.15, -0.1) is 11.3 Å². The maximum absolute atomic E-state index is 10.7. The third-order valence-corrected chi connectivity index (χ3v) is 2.60. The van der Waals surface area contributed by atoms with E-state index in [9.17, 15) is 4.79 Å². The summed E-state index contributed by atoms with van der Waals surface area (Å²) in [6, 6.07) is 0. The van der Waals surface area contributed by atoms with Crippen LogP contribution in [0.1, 0.15) is 15.6 Å². The SMILES string of the molecule is C=CC(=Cc1nc(C)sc1C)C(=O)O. The summed E-state index contributed by atoms with van der Waals surface area (Å²) in [4.78, 5) is 15.9. The van der Waals surface area contributed by atoms with Crippen molar-refractivity contribution >= 4 is 23.4 Å². The third-order valence-electron chi connectivity index (χ3n) is 1.70. The molecule has 1 aromatic heterocycles. The first-order valence-corrected chi connectivity index (χ1v) is 4.87. The molecule has 0 aliphatic carbocycles. The van der Waals surface area contributed by atoms with E-state index in [2.05, 4.69) is 11.6 Å². The van der Waals surface area contributed by atoms with E-state index >= 15 is 0 Å². The van der Waals surface area contributed by atoms with Gasteiger partial charge in [0.1, 0.15) is 0 Å². The average molecular weight is 209 g/mol. The van der Waals surface area contributed by atoms with E-state index in [0.717, 1.165) is 9.88 Å². The molecule has 3 nitrogen and oxygen atoms in total. The summed E-state index contributed by atoms with van der Waals surface area (Å²) in [7, 11) is 0. The molecule has 0 spiro atoms. The van der Waals surface area contributed by atoms with Crippen LogP contribution in [-0.2, 0) is 4.79 Å². The molecule has 0 radical (unpaired) electrons. The second kappa shape index (κ2) is 4.19. The second-order valence-corrected chi connectivity index (χ2v) is 4.19. The van der Waals surface area contributed by atoms with E-state index in [4.69, 9.17) is 5.11 Å². The van der Waals surface area contributed by atoms with Gasteiger partial charge < -0.3 is 5.11 Å². The first-order valence-electron chi connectivity index (χ1n) is 4.06. The monoisotopic (exact) mass is 209 g/mol. The summed E-state index contributed by atoms with van der Waals surface area (Å²) < 4.78 is 0. The van der Waals surface area contributed by atoms with Gasteiger partial charge in [0, 0.05) is 4.88 Å². The van der Waals surface area contributed by atoms with Crippen molar-refractivity contribution in [2.45, 2.75) is 13.8 Å². The normalized spacial score (nSPS) is 11.4. The number of aryl methyl sites for hydroxylation is 2. The van der Waals surface area contributed by atoms with Gasteiger partial charge in [-0.2, -0.15) is 0 Å². The first-order chi connectivity index (χ1) is 6.54. The lowest BCUT2D eigenvalue weighted by Gasteiger charge is -1.93. The molecule has 1 N–H and O–H groups in total. The van der Waals surface area contributed by atoms with Gasteiger partial charge in [0.15, 0.2) is 0 Å². The fourth-order valence-corrected chi connectivity index (χ4v) is 1.83. The van der Waals surface area contributed by atoms with Crippen LogP contribution in [0.25, 0.3) is 6.08 Å². The van der Waals surface area contributed by atoms with Gasteiger partial charge in [0.05, 0.1) is 16.3 Å². The van der Waals surface area contributed by atoms with Crippen molar-refractivity contribution < 1.29 is 9.90 Å². The molecule has 0 saturated carbocycles. The van der Waals surface area contributed by atoms with E-state index in [1.54, 1.807) is 11.3 Å². The molecule has 4 heteroatoms. The van der Waals surface area contributed by atoms with E-state index in [0.29, 0.717) is 5.69 Å². The Balaban J connectivity index is 3.12. The molecule has 1 heterocycles. The van der Waals surface area contributed by atoms with Crippen LogP contribution in [0.2, 0.25) is 0 Å². The van der Waals surface area contributed by atoms with E-state index in [-0.39, 0.29) is 5.57 Å². The van der Waals surface area contributed by atoms with Gasteiger partial charge in [-0.3, -0.25) is 0 Å². The maximum atomic E-state index is 10.7. The predicted molar refractivity (Wildman–Crippen MR) is 57.4 cm³/mol. The van der Waals surface area contributed by atoms with Crippen LogP contribution in [-0.4, -0.2) is 16.1 Å². The molecule has 0 atom stereocenters. The highest BCUT2D eigenvalue weighted by molar-refractivity contribution is 7.11. The van der Waals surface area contributed by atoms with Crippen molar-refractivity contribution in [3.63, 3.8) is 0 Å². The molecule has 0 aromatic carbocycles. The Morgan fingerprint density at radius 2 is 2.21 bits per heavy atom. The Labute approximate surface area is 86.4 Å². The van der Waals surface area contributed by atoms with Crippen LogP contribution in [0, 0.1) is 13.8 Å². The standard InChI is InChI=1S/C10H11NO2S/c1-4-8(10(12)13)5-9-6(2)14-7(3)11-9/h4-5H,1H2,2-3H3,(H,12,13). The maximum Gasteiger partial charge on any atom is 0.335 e. The lowest BCUT2D eigenvalue weighted by molar-refractivity contribution is -0.132. The largest absolute Gasteiger partial charge is 0.478 e. The minimum Gasteiger partial charge on any atom is -0.478 e. The van der Waals surface area contributed by atoms with Crippen molar-refractivity contribution in [2.75, 3.05) is 0 Å². The lowest BCUT2D eigenvalue weighted by Crippen LogP contribution is -1.97. The molecular weight excluding hydrogens is 198 g/mol. The number of carboxylic acid groups (broad SMARTS) is 1. The Bertz CT molecular complexity index is 404. The summed E-state index contributed by atoms with van der Waals surface area (Å²) >= 11 is 1.55. The highest BCUT2D eigenvalue weighted by Crippen LogP contribution is 2.19. The predicted octanol–water partition coefficient (Wildman–Crippen LogP) is 2.41. The Morgan fingerprint density at radius 1 is 1.57 bits per heavy atom. The second-order valence-electron chi connectivity index (χ2n) is 2.78. The number of hydrogen-bond acceptors (Lipinski definition) is 3. The van der Waals surface area contributed by atoms with Crippen LogP contribution in [0.3, 0.4) is 0 Å². The fourth-order valence-electron chi connectivity index (χ4n) is 1.03. The zero-order chi connectivity index (χ0) is 10.7. The molecule has 0 amide bonds. The Kier molecular flexibility index (Phi) is 3.19. The highest BCUT2D eigenvalue weighted by atomic mass is 32.1. The number of hydrogen-bond donors (Lipinski definition) is 1. The Hall–Kier alpha value is -1.42. The number of nitrogens with zero attached hydrogens (tertiary/aromatic N) is 1. The van der Waals surface area contributed by atoms with Gasteiger partial charge in [0.2, 0.25) is 0 Å². The summed E-state index contributed by atoms with van der Waals surface area (Å²) in [5.74, 6) is -0.981. The molecular formula is C10H11NO2S. The van der Waals surface area contributed by atoms with Crippen LogP contribution < -0.4 is 0 Å². The molecule has 1 rings (SSSR count). The molecule has 0 saturated heterocycles. The molecule has 74 valence electrons. The number of rotatable bonds is 3. The number of aromatic nitrogens is 1. The van der Waals surface area contributed by atoms with Gasteiger partial charge in [-0.05, 0) is 19.9 Å². The smallest absolute Gasteiger partial charge is 0.335 e. The fraction of sp³-hybridized carbons (Fsp3) is 0.200. The van der Waals surface area contributed by atoms with Gasteiger partial charge in [-0.1, -0.05) is 12.7 Å².